The van der Waals surface area contributed by atoms with Gasteiger partial charge in [0.2, 0.25) is 21.8 Å². The van der Waals surface area contributed by atoms with Crippen LogP contribution in [-0.2, 0) is 32.6 Å². The third-order valence-corrected chi connectivity index (χ3v) is 8.22. The second-order valence-electron chi connectivity index (χ2n) is 10.3. The molecular formula is C32H39N3O7S. The summed E-state index contributed by atoms with van der Waals surface area (Å²) in [5, 5.41) is 2.98. The molecular weight excluding hydrogens is 570 g/mol. The maximum absolute atomic E-state index is 14.2. The third kappa shape index (κ3) is 8.63. The van der Waals surface area contributed by atoms with Crippen LogP contribution in [0.15, 0.2) is 72.8 Å². The predicted octanol–water partition coefficient (Wildman–Crippen LogP) is 3.79. The van der Waals surface area contributed by atoms with E-state index in [2.05, 4.69) is 5.32 Å². The number of carbonyl (C=O) groups excluding carboxylic acids is 2. The molecule has 0 fully saturated rings. The van der Waals surface area contributed by atoms with Crippen molar-refractivity contribution in [3.8, 4) is 17.2 Å². The van der Waals surface area contributed by atoms with Crippen LogP contribution in [0.5, 0.6) is 17.2 Å². The summed E-state index contributed by atoms with van der Waals surface area (Å²) < 4.78 is 43.8. The second-order valence-corrected chi connectivity index (χ2v) is 12.2. The Morgan fingerprint density at radius 2 is 1.67 bits per heavy atom. The lowest BCUT2D eigenvalue weighted by molar-refractivity contribution is -0.140. The van der Waals surface area contributed by atoms with Crippen LogP contribution in [0.4, 0.5) is 5.69 Å². The first-order valence-electron chi connectivity index (χ1n) is 14.3. The highest BCUT2D eigenvalue weighted by Gasteiger charge is 2.33. The van der Waals surface area contributed by atoms with Crippen molar-refractivity contribution in [1.82, 2.24) is 10.2 Å². The number of hydrogen-bond donors (Lipinski definition) is 1. The van der Waals surface area contributed by atoms with Gasteiger partial charge in [-0.2, -0.15) is 0 Å². The molecule has 0 spiro atoms. The third-order valence-electron chi connectivity index (χ3n) is 7.08. The van der Waals surface area contributed by atoms with E-state index in [1.165, 1.54) is 4.90 Å². The molecule has 0 radical (unpaired) electrons. The summed E-state index contributed by atoms with van der Waals surface area (Å²) in [7, 11) is -2.36. The van der Waals surface area contributed by atoms with E-state index < -0.39 is 28.5 Å². The zero-order chi connectivity index (χ0) is 30.8. The summed E-state index contributed by atoms with van der Waals surface area (Å²) in [4.78, 5) is 29.4. The monoisotopic (exact) mass is 609 g/mol. The van der Waals surface area contributed by atoms with Gasteiger partial charge in [-0.1, -0.05) is 55.8 Å². The topological polar surface area (TPSA) is 114 Å². The van der Waals surface area contributed by atoms with Gasteiger partial charge in [-0.05, 0) is 41.8 Å². The van der Waals surface area contributed by atoms with Crippen LogP contribution in [0.2, 0.25) is 0 Å². The molecule has 1 atom stereocenters. The molecule has 0 aliphatic carbocycles. The number of amides is 2. The first kappa shape index (κ1) is 31.7. The average Bonchev–Trinajstić information content (AvgIpc) is 3.01. The van der Waals surface area contributed by atoms with Gasteiger partial charge in [0.05, 0.1) is 19.1 Å². The number of sulfonamides is 1. The molecule has 43 heavy (non-hydrogen) atoms. The van der Waals surface area contributed by atoms with E-state index in [1.807, 2.05) is 49.4 Å². The van der Waals surface area contributed by atoms with Gasteiger partial charge >= 0.3 is 0 Å². The molecule has 1 heterocycles. The van der Waals surface area contributed by atoms with E-state index in [0.717, 1.165) is 34.5 Å². The predicted molar refractivity (Wildman–Crippen MR) is 165 cm³/mol. The summed E-state index contributed by atoms with van der Waals surface area (Å²) in [5.41, 5.74) is 1.86. The first-order chi connectivity index (χ1) is 20.7. The van der Waals surface area contributed by atoms with E-state index in [4.69, 9.17) is 14.2 Å². The molecule has 1 aliphatic rings. The maximum atomic E-state index is 14.2. The second kappa shape index (κ2) is 14.8. The molecule has 0 bridgehead atoms. The van der Waals surface area contributed by atoms with Crippen LogP contribution in [-0.4, -0.2) is 70.8 Å². The molecule has 2 amide bonds. The van der Waals surface area contributed by atoms with Crippen molar-refractivity contribution in [2.45, 2.75) is 38.8 Å². The SMILES string of the molecule is CCCCNC(=O)[C@H](Cc1ccccc1)N(Cc1cccc(OC)c1)C(=O)CN(c1ccc2c(c1)OCCO2)S(C)(=O)=O. The number of carbonyl (C=O) groups is 2. The number of hydrogen-bond acceptors (Lipinski definition) is 7. The summed E-state index contributed by atoms with van der Waals surface area (Å²) in [5.74, 6) is 0.663. The largest absolute Gasteiger partial charge is 0.497 e. The van der Waals surface area contributed by atoms with Crippen molar-refractivity contribution < 1.29 is 32.2 Å². The number of rotatable bonds is 14. The number of nitrogens with zero attached hydrogens (tertiary/aromatic N) is 2. The zero-order valence-electron chi connectivity index (χ0n) is 24.8. The molecule has 4 rings (SSSR count). The Morgan fingerprint density at radius 3 is 2.37 bits per heavy atom. The molecule has 3 aromatic carbocycles. The van der Waals surface area contributed by atoms with Gasteiger partial charge in [-0.15, -0.1) is 0 Å². The highest BCUT2D eigenvalue weighted by Crippen LogP contribution is 2.35. The summed E-state index contributed by atoms with van der Waals surface area (Å²) in [6.45, 7) is 2.77. The minimum Gasteiger partial charge on any atom is -0.497 e. The van der Waals surface area contributed by atoms with Crippen LogP contribution in [0.25, 0.3) is 0 Å². The van der Waals surface area contributed by atoms with Crippen LogP contribution < -0.4 is 23.8 Å². The number of fused-ring (bicyclic) bond motifs is 1. The lowest BCUT2D eigenvalue weighted by Gasteiger charge is -2.33. The highest BCUT2D eigenvalue weighted by molar-refractivity contribution is 7.92. The lowest BCUT2D eigenvalue weighted by Crippen LogP contribution is -2.53. The molecule has 10 nitrogen and oxygen atoms in total. The standard InChI is InChI=1S/C32H39N3O7S/c1-4-5-16-33-32(37)28(20-24-10-7-6-8-11-24)34(22-25-12-9-13-27(19-25)40-2)31(36)23-35(43(3,38)39)26-14-15-29-30(21-26)42-18-17-41-29/h6-15,19,21,28H,4-5,16-18,20,22-23H2,1-3H3,(H,33,37)/t28-/m0/s1. The van der Waals surface area contributed by atoms with E-state index in [1.54, 1.807) is 37.4 Å². The van der Waals surface area contributed by atoms with Gasteiger partial charge in [0.25, 0.3) is 0 Å². The zero-order valence-corrected chi connectivity index (χ0v) is 25.6. The summed E-state index contributed by atoms with van der Waals surface area (Å²) in [6, 6.07) is 20.5. The van der Waals surface area contributed by atoms with Gasteiger partial charge in [0, 0.05) is 25.6 Å². The fraction of sp³-hybridized carbons (Fsp3) is 0.375. The number of nitrogens with one attached hydrogen (secondary N) is 1. The Bertz CT molecular complexity index is 1500. The Hall–Kier alpha value is -4.25. The fourth-order valence-corrected chi connectivity index (χ4v) is 5.67. The highest BCUT2D eigenvalue weighted by atomic mass is 32.2. The smallest absolute Gasteiger partial charge is 0.244 e. The number of benzene rings is 3. The maximum Gasteiger partial charge on any atom is 0.244 e. The van der Waals surface area contributed by atoms with Crippen LogP contribution >= 0.6 is 0 Å². The van der Waals surface area contributed by atoms with Gasteiger partial charge in [0.1, 0.15) is 31.5 Å². The minimum atomic E-state index is -3.91. The van der Waals surface area contributed by atoms with Crippen LogP contribution in [0.1, 0.15) is 30.9 Å². The molecule has 0 unspecified atom stereocenters. The van der Waals surface area contributed by atoms with E-state index in [0.29, 0.717) is 37.0 Å². The first-order valence-corrected chi connectivity index (χ1v) is 16.2. The Morgan fingerprint density at radius 1 is 0.953 bits per heavy atom. The van der Waals surface area contributed by atoms with E-state index in [9.17, 15) is 18.0 Å². The minimum absolute atomic E-state index is 0.0630. The van der Waals surface area contributed by atoms with Crippen molar-refractivity contribution in [3.63, 3.8) is 0 Å². The van der Waals surface area contributed by atoms with E-state index >= 15 is 0 Å². The Kier molecular flexibility index (Phi) is 10.9. The number of ether oxygens (including phenoxy) is 3. The summed E-state index contributed by atoms with van der Waals surface area (Å²) in [6.07, 6.45) is 2.98. The molecule has 3 aromatic rings. The molecule has 1 N–H and O–H groups in total. The van der Waals surface area contributed by atoms with Crippen molar-refractivity contribution in [3.05, 3.63) is 83.9 Å². The van der Waals surface area contributed by atoms with E-state index in [-0.39, 0.29) is 24.6 Å². The summed E-state index contributed by atoms with van der Waals surface area (Å²) >= 11 is 0. The van der Waals surface area contributed by atoms with Crippen LogP contribution in [0.3, 0.4) is 0 Å². The van der Waals surface area contributed by atoms with Gasteiger partial charge < -0.3 is 24.4 Å². The molecule has 1 aliphatic heterocycles. The van der Waals surface area contributed by atoms with Gasteiger partial charge in [-0.3, -0.25) is 13.9 Å². The van der Waals surface area contributed by atoms with Crippen molar-refractivity contribution in [2.24, 2.45) is 0 Å². The quantitative estimate of drug-likeness (QED) is 0.277. The van der Waals surface area contributed by atoms with Crippen LogP contribution in [0, 0.1) is 0 Å². The number of methoxy groups -OCH3 is 1. The van der Waals surface area contributed by atoms with Crippen molar-refractivity contribution in [1.29, 1.82) is 0 Å². The molecule has 11 heteroatoms. The normalized spacial score (nSPS) is 13.1. The molecule has 0 aromatic heterocycles. The molecule has 230 valence electrons. The van der Waals surface area contributed by atoms with Gasteiger partial charge in [0.15, 0.2) is 11.5 Å². The number of unbranched alkanes of at least 4 members (excludes halogenated alkanes) is 1. The fourth-order valence-electron chi connectivity index (χ4n) is 4.83. The Labute approximate surface area is 253 Å². The lowest BCUT2D eigenvalue weighted by atomic mass is 10.0. The molecule has 0 saturated carbocycles. The number of anilines is 1. The van der Waals surface area contributed by atoms with Crippen molar-refractivity contribution in [2.75, 3.05) is 44.0 Å². The Balaban J connectivity index is 1.72. The van der Waals surface area contributed by atoms with Crippen molar-refractivity contribution >= 4 is 27.5 Å². The molecule has 0 saturated heterocycles. The van der Waals surface area contributed by atoms with Gasteiger partial charge in [-0.25, -0.2) is 8.42 Å². The average molecular weight is 610 g/mol.